The fourth-order valence-corrected chi connectivity index (χ4v) is 8.94. The zero-order valence-corrected chi connectivity index (χ0v) is 39.7. The number of benzene rings is 2. The molecular formula is C48H64N7O10P. The largest absolute Gasteiger partial charge is 0.470 e. The average Bonchev–Trinajstić information content (AvgIpc) is 3.56. The van der Waals surface area contributed by atoms with E-state index in [1.807, 2.05) is 93.6 Å². The van der Waals surface area contributed by atoms with Gasteiger partial charge in [-0.1, -0.05) is 108 Å². The molecular weight excluding hydrogens is 866 g/mol. The monoisotopic (exact) mass is 929 g/mol. The number of aliphatic hydroxyl groups is 1. The molecule has 1 aliphatic heterocycles. The molecule has 3 heterocycles. The third-order valence-electron chi connectivity index (χ3n) is 11.4. The summed E-state index contributed by atoms with van der Waals surface area (Å²) in [5, 5.41) is 30.0. The number of pyridine rings is 2. The van der Waals surface area contributed by atoms with Crippen molar-refractivity contribution in [3.63, 3.8) is 0 Å². The van der Waals surface area contributed by atoms with E-state index >= 15 is 0 Å². The molecule has 18 heteroatoms. The molecule has 4 aromatic rings. The second-order valence-electron chi connectivity index (χ2n) is 19.4. The summed E-state index contributed by atoms with van der Waals surface area (Å²) in [6.45, 7) is 14.4. The van der Waals surface area contributed by atoms with Gasteiger partial charge in [0.25, 0.3) is 0 Å². The Hall–Kier alpha value is -5.71. The molecule has 1 aliphatic rings. The van der Waals surface area contributed by atoms with Crippen LogP contribution in [0.25, 0.3) is 11.3 Å². The highest BCUT2D eigenvalue weighted by Gasteiger charge is 2.44. The van der Waals surface area contributed by atoms with Gasteiger partial charge in [0.05, 0.1) is 35.8 Å². The van der Waals surface area contributed by atoms with Crippen LogP contribution >= 0.6 is 7.82 Å². The third-order valence-corrected chi connectivity index (χ3v) is 12.0. The lowest BCUT2D eigenvalue weighted by Gasteiger charge is -2.37. The number of aliphatic hydroxyl groups excluding tert-OH is 1. The number of hydrogen-bond acceptors (Lipinski definition) is 9. The Morgan fingerprint density at radius 1 is 0.788 bits per heavy atom. The predicted octanol–water partition coefficient (Wildman–Crippen LogP) is 6.55. The topological polar surface area (TPSA) is 244 Å². The molecule has 1 saturated heterocycles. The molecule has 0 bridgehead atoms. The normalized spacial score (nSPS) is 16.0. The first kappa shape index (κ1) is 51.3. The lowest BCUT2D eigenvalue weighted by Crippen LogP contribution is -2.56. The maximum atomic E-state index is 14.6. The van der Waals surface area contributed by atoms with Crippen LogP contribution in [-0.2, 0) is 37.2 Å². The van der Waals surface area contributed by atoms with E-state index in [9.17, 15) is 43.7 Å². The second kappa shape index (κ2) is 21.3. The van der Waals surface area contributed by atoms with Crippen LogP contribution in [0.5, 0.6) is 0 Å². The van der Waals surface area contributed by atoms with Crippen molar-refractivity contribution in [2.75, 3.05) is 13.1 Å². The van der Waals surface area contributed by atoms with Gasteiger partial charge in [-0.25, -0.2) is 14.2 Å². The first-order valence-corrected chi connectivity index (χ1v) is 23.5. The Morgan fingerprint density at radius 3 is 2.05 bits per heavy atom. The molecule has 5 amide bonds. The van der Waals surface area contributed by atoms with Crippen LogP contribution < -0.4 is 16.0 Å². The van der Waals surface area contributed by atoms with Gasteiger partial charge in [-0.15, -0.1) is 0 Å². The number of aromatic nitrogens is 2. The Balaban J connectivity index is 1.35. The molecule has 7 N–H and O–H groups in total. The zero-order chi connectivity index (χ0) is 48.6. The maximum Gasteiger partial charge on any atom is 0.470 e. The quantitative estimate of drug-likeness (QED) is 0.0496. The van der Waals surface area contributed by atoms with Crippen molar-refractivity contribution in [3.05, 3.63) is 120 Å². The number of carbonyl (C=O) groups excluding carboxylic acids is 3. The Kier molecular flexibility index (Phi) is 16.5. The summed E-state index contributed by atoms with van der Waals surface area (Å²) in [7, 11) is -4.84. The van der Waals surface area contributed by atoms with Crippen LogP contribution in [0.2, 0.25) is 0 Å². The van der Waals surface area contributed by atoms with Crippen molar-refractivity contribution >= 4 is 31.8 Å². The molecule has 5 atom stereocenters. The molecule has 0 aliphatic carbocycles. The minimum Gasteiger partial charge on any atom is -0.465 e. The summed E-state index contributed by atoms with van der Waals surface area (Å²) >= 11 is 0. The summed E-state index contributed by atoms with van der Waals surface area (Å²) < 4.78 is 16.6. The van der Waals surface area contributed by atoms with Crippen LogP contribution in [-0.4, -0.2) is 101 Å². The molecule has 0 saturated carbocycles. The fourth-order valence-electron chi connectivity index (χ4n) is 8.25. The summed E-state index contributed by atoms with van der Waals surface area (Å²) in [6.07, 6.45) is -0.315. The molecule has 5 rings (SSSR count). The van der Waals surface area contributed by atoms with Gasteiger partial charge in [0.15, 0.2) is 0 Å². The van der Waals surface area contributed by atoms with Gasteiger partial charge in [-0.05, 0) is 79.3 Å². The molecule has 0 spiro atoms. The number of hydrogen-bond donors (Lipinski definition) is 7. The number of urea groups is 1. The van der Waals surface area contributed by atoms with Gasteiger partial charge in [-0.3, -0.25) is 24.1 Å². The number of carbonyl (C=O) groups is 4. The molecule has 356 valence electrons. The first-order valence-electron chi connectivity index (χ1n) is 21.9. The van der Waals surface area contributed by atoms with Crippen LogP contribution in [0, 0.1) is 10.8 Å². The first-order chi connectivity index (χ1) is 30.8. The van der Waals surface area contributed by atoms with E-state index in [0.717, 1.165) is 16.8 Å². The molecule has 2 aromatic heterocycles. The SMILES string of the molecule is CC(C)(OP(=O)(O)O)c1cccc(CN2CCN([C@H](C(=O)NC(C[C@@H](O)C[C@@H](Cc3ccc(-c4ccccn4)cc3)NC(=O)[C@@H](NC(=O)O)C(C)(C)C)c3ccccc3)C(C)(C)C)C2=O)n1. The summed E-state index contributed by atoms with van der Waals surface area (Å²) in [4.78, 5) is 85.3. The summed E-state index contributed by atoms with van der Waals surface area (Å²) in [5.41, 5.74) is 1.05. The Morgan fingerprint density at radius 2 is 1.45 bits per heavy atom. The fraction of sp³-hybridized carbons (Fsp3) is 0.458. The van der Waals surface area contributed by atoms with E-state index in [1.165, 1.54) is 18.7 Å². The minimum atomic E-state index is -4.84. The lowest BCUT2D eigenvalue weighted by atomic mass is 9.84. The van der Waals surface area contributed by atoms with E-state index in [0.29, 0.717) is 17.7 Å². The van der Waals surface area contributed by atoms with Gasteiger partial charge in [0, 0.05) is 30.9 Å². The van der Waals surface area contributed by atoms with E-state index in [4.69, 9.17) is 4.52 Å². The van der Waals surface area contributed by atoms with Crippen molar-refractivity contribution in [1.29, 1.82) is 0 Å². The van der Waals surface area contributed by atoms with Crippen LogP contribution in [0.3, 0.4) is 0 Å². The zero-order valence-electron chi connectivity index (χ0n) is 38.8. The maximum absolute atomic E-state index is 14.6. The number of nitrogens with zero attached hydrogens (tertiary/aromatic N) is 4. The third kappa shape index (κ3) is 14.4. The molecule has 2 aromatic carbocycles. The van der Waals surface area contributed by atoms with Crippen LogP contribution in [0.4, 0.5) is 9.59 Å². The number of amides is 5. The predicted molar refractivity (Wildman–Crippen MR) is 248 cm³/mol. The van der Waals surface area contributed by atoms with Crippen molar-refractivity contribution in [2.45, 2.75) is 117 Å². The van der Waals surface area contributed by atoms with Crippen molar-refractivity contribution in [3.8, 4) is 11.3 Å². The molecule has 17 nitrogen and oxygen atoms in total. The van der Waals surface area contributed by atoms with Gasteiger partial charge in [0.2, 0.25) is 11.8 Å². The smallest absolute Gasteiger partial charge is 0.465 e. The summed E-state index contributed by atoms with van der Waals surface area (Å²) in [6, 6.07) is 23.7. The van der Waals surface area contributed by atoms with Crippen molar-refractivity contribution < 1.29 is 48.3 Å². The van der Waals surface area contributed by atoms with Gasteiger partial charge in [-0.2, -0.15) is 0 Å². The van der Waals surface area contributed by atoms with E-state index in [-0.39, 0.29) is 38.2 Å². The van der Waals surface area contributed by atoms with Crippen molar-refractivity contribution in [2.24, 2.45) is 10.8 Å². The average molecular weight is 930 g/mol. The Bertz CT molecular complexity index is 2330. The highest BCUT2D eigenvalue weighted by Crippen LogP contribution is 2.44. The molecule has 1 unspecified atom stereocenters. The highest BCUT2D eigenvalue weighted by atomic mass is 31.2. The summed E-state index contributed by atoms with van der Waals surface area (Å²) in [5.74, 6) is -0.973. The van der Waals surface area contributed by atoms with Gasteiger partial charge in [0.1, 0.15) is 17.7 Å². The van der Waals surface area contributed by atoms with E-state index in [1.54, 1.807) is 50.1 Å². The molecule has 0 radical (unpaired) electrons. The molecule has 66 heavy (non-hydrogen) atoms. The lowest BCUT2D eigenvalue weighted by molar-refractivity contribution is -0.129. The van der Waals surface area contributed by atoms with Crippen LogP contribution in [0.1, 0.15) is 96.8 Å². The molecule has 1 fully saturated rings. The number of phosphoric acid groups is 1. The Labute approximate surface area is 386 Å². The minimum absolute atomic E-state index is 0.0395. The number of phosphoric ester groups is 1. The number of rotatable bonds is 19. The highest BCUT2D eigenvalue weighted by molar-refractivity contribution is 7.46. The van der Waals surface area contributed by atoms with Gasteiger partial charge >= 0.3 is 19.9 Å². The van der Waals surface area contributed by atoms with Gasteiger partial charge < -0.3 is 45.8 Å². The number of carboxylic acid groups (broad SMARTS) is 1. The number of nitrogens with one attached hydrogen (secondary N) is 3. The van der Waals surface area contributed by atoms with Crippen LogP contribution in [0.15, 0.2) is 97.2 Å². The van der Waals surface area contributed by atoms with E-state index in [2.05, 4.69) is 25.9 Å². The standard InChI is InChI=1S/C48H64N7O10P/c1-46(2,3)40(53-44(59)60)42(57)51-35(27-31-20-22-33(23-21-31)37-18-12-13-24-49-37)28-36(56)29-38(32-15-10-9-11-16-32)52-43(58)41(47(4,5)6)55-26-25-54(45(55)61)30-34-17-14-19-39(50-34)48(7,8)65-66(62,63)64/h9-24,35-36,38,40-41,53,56H,25-30H2,1-8H3,(H,51,57)(H,52,58)(H,59,60)(H2,62,63,64)/t35-,36+,38?,40-,41-/m1/s1. The van der Waals surface area contributed by atoms with E-state index < -0.39 is 78.5 Å². The van der Waals surface area contributed by atoms with Crippen molar-refractivity contribution in [1.82, 2.24) is 35.7 Å². The second-order valence-corrected chi connectivity index (χ2v) is 20.6.